The van der Waals surface area contributed by atoms with Crippen LogP contribution in [0.25, 0.3) is 67.2 Å². The fourth-order valence-corrected chi connectivity index (χ4v) is 6.66. The van der Waals surface area contributed by atoms with Crippen LogP contribution in [0.15, 0.2) is 170 Å². The van der Waals surface area contributed by atoms with Crippen molar-refractivity contribution in [2.45, 2.75) is 0 Å². The van der Waals surface area contributed by atoms with E-state index >= 15 is 0 Å². The fourth-order valence-electron chi connectivity index (χ4n) is 6.66. The van der Waals surface area contributed by atoms with E-state index in [1.807, 2.05) is 60.7 Å². The molecule has 0 saturated carbocycles. The predicted octanol–water partition coefficient (Wildman–Crippen LogP) is 11.1. The maximum Gasteiger partial charge on any atom is 0.164 e. The molecule has 9 rings (SSSR count). The van der Waals surface area contributed by atoms with Crippen LogP contribution in [0.2, 0.25) is 0 Å². The minimum absolute atomic E-state index is 0.650. The molecule has 0 atom stereocenters. The summed E-state index contributed by atoms with van der Waals surface area (Å²) in [7, 11) is 0. The summed E-state index contributed by atoms with van der Waals surface area (Å²) in [4.78, 5) is 17.5. The maximum absolute atomic E-state index is 5.09. The molecule has 1 aliphatic heterocycles. The summed E-state index contributed by atoms with van der Waals surface area (Å²) in [6.45, 7) is 0. The lowest BCUT2D eigenvalue weighted by Gasteiger charge is -2.34. The zero-order valence-electron chi connectivity index (χ0n) is 25.5. The smallest absolute Gasteiger partial charge is 0.164 e. The second kappa shape index (κ2) is 11.2. The highest BCUT2D eigenvalue weighted by Gasteiger charge is 2.28. The zero-order valence-corrected chi connectivity index (χ0v) is 25.5. The Morgan fingerprint density at radius 2 is 0.894 bits per heavy atom. The Bertz CT molecular complexity index is 2330. The van der Waals surface area contributed by atoms with Gasteiger partial charge in [-0.15, -0.1) is 0 Å². The van der Waals surface area contributed by atoms with Gasteiger partial charge in [-0.3, -0.25) is 0 Å². The molecule has 0 bridgehead atoms. The van der Waals surface area contributed by atoms with Gasteiger partial charge in [0.2, 0.25) is 0 Å². The standard InChI is InChI=1S/C43H28N4/c1-5-14-29(15-6-1)32-24-26-38-37(28-32)35-23-13-22-34-36(25-27-39(40(34)35)47(38)33-20-11-4-12-21-33)43-45-41(30-16-7-2-8-17-30)44-42(46-43)31-18-9-3-10-19-31/h1-28H. The third-order valence-electron chi connectivity index (χ3n) is 8.85. The van der Waals surface area contributed by atoms with Crippen molar-refractivity contribution in [3.8, 4) is 56.4 Å². The van der Waals surface area contributed by atoms with Crippen LogP contribution in [-0.2, 0) is 0 Å². The average molecular weight is 601 g/mol. The van der Waals surface area contributed by atoms with Crippen LogP contribution in [0.4, 0.5) is 17.1 Å². The molecule has 0 fully saturated rings. The topological polar surface area (TPSA) is 41.9 Å². The molecular weight excluding hydrogens is 573 g/mol. The highest BCUT2D eigenvalue weighted by atomic mass is 15.2. The first-order chi connectivity index (χ1) is 23.3. The van der Waals surface area contributed by atoms with Crippen LogP contribution in [0.1, 0.15) is 0 Å². The molecule has 4 heteroatoms. The van der Waals surface area contributed by atoms with Gasteiger partial charge in [0.15, 0.2) is 17.5 Å². The molecule has 0 aliphatic carbocycles. The first kappa shape index (κ1) is 27.0. The Kier molecular flexibility index (Phi) is 6.43. The highest BCUT2D eigenvalue weighted by Crippen LogP contribution is 2.53. The molecule has 1 aliphatic rings. The van der Waals surface area contributed by atoms with E-state index in [1.165, 1.54) is 27.6 Å². The van der Waals surface area contributed by atoms with Crippen LogP contribution in [0.5, 0.6) is 0 Å². The quantitative estimate of drug-likeness (QED) is 0.197. The molecule has 0 radical (unpaired) electrons. The van der Waals surface area contributed by atoms with E-state index in [-0.39, 0.29) is 0 Å². The van der Waals surface area contributed by atoms with Crippen molar-refractivity contribution in [1.29, 1.82) is 0 Å². The van der Waals surface area contributed by atoms with Crippen molar-refractivity contribution in [2.75, 3.05) is 4.90 Å². The second-order valence-electron chi connectivity index (χ2n) is 11.7. The highest BCUT2D eigenvalue weighted by molar-refractivity contribution is 6.17. The lowest BCUT2D eigenvalue weighted by molar-refractivity contribution is 1.08. The fraction of sp³-hybridized carbons (Fsp3) is 0. The zero-order chi connectivity index (χ0) is 31.2. The number of aromatic nitrogens is 3. The Morgan fingerprint density at radius 3 is 1.53 bits per heavy atom. The van der Waals surface area contributed by atoms with Crippen LogP contribution in [-0.4, -0.2) is 15.0 Å². The molecule has 0 unspecified atom stereocenters. The maximum atomic E-state index is 5.09. The first-order valence-electron chi connectivity index (χ1n) is 15.8. The first-order valence-corrected chi connectivity index (χ1v) is 15.8. The van der Waals surface area contributed by atoms with Crippen LogP contribution >= 0.6 is 0 Å². The van der Waals surface area contributed by atoms with Crippen molar-refractivity contribution in [3.05, 3.63) is 170 Å². The predicted molar refractivity (Wildman–Crippen MR) is 193 cm³/mol. The molecule has 1 aromatic heterocycles. The SMILES string of the molecule is c1ccc(-c2ccc3c(c2)-c2cccc4c(-c5nc(-c6ccccc6)nc(-c6ccccc6)n5)ccc(c24)N3c2ccccc2)cc1. The number of nitrogens with zero attached hydrogens (tertiary/aromatic N) is 4. The number of hydrogen-bond acceptors (Lipinski definition) is 4. The normalized spacial score (nSPS) is 11.8. The Hall–Kier alpha value is -6.39. The molecule has 0 N–H and O–H groups in total. The number of benzene rings is 7. The van der Waals surface area contributed by atoms with Crippen molar-refractivity contribution in [1.82, 2.24) is 15.0 Å². The van der Waals surface area contributed by atoms with E-state index < -0.39 is 0 Å². The van der Waals surface area contributed by atoms with Gasteiger partial charge < -0.3 is 4.90 Å². The van der Waals surface area contributed by atoms with Crippen molar-refractivity contribution in [2.24, 2.45) is 0 Å². The van der Waals surface area contributed by atoms with Crippen LogP contribution in [0.3, 0.4) is 0 Å². The molecule has 4 nitrogen and oxygen atoms in total. The summed E-state index contributed by atoms with van der Waals surface area (Å²) in [5.74, 6) is 1.95. The minimum atomic E-state index is 0.650. The lowest BCUT2D eigenvalue weighted by atomic mass is 9.87. The third kappa shape index (κ3) is 4.66. The summed E-state index contributed by atoms with van der Waals surface area (Å²) in [6, 6.07) is 59.2. The van der Waals surface area contributed by atoms with E-state index in [0.717, 1.165) is 39.1 Å². The van der Waals surface area contributed by atoms with E-state index in [0.29, 0.717) is 17.5 Å². The van der Waals surface area contributed by atoms with Gasteiger partial charge >= 0.3 is 0 Å². The molecule has 7 aromatic carbocycles. The molecular formula is C43H28N4. The van der Waals surface area contributed by atoms with Gasteiger partial charge in [-0.25, -0.2) is 15.0 Å². The molecule has 47 heavy (non-hydrogen) atoms. The monoisotopic (exact) mass is 600 g/mol. The molecule has 2 heterocycles. The molecule has 0 saturated heterocycles. The van der Waals surface area contributed by atoms with Gasteiger partial charge in [0.25, 0.3) is 0 Å². The van der Waals surface area contributed by atoms with Crippen LogP contribution < -0.4 is 4.90 Å². The van der Waals surface area contributed by atoms with Gasteiger partial charge in [0.05, 0.1) is 11.4 Å². The Balaban J connectivity index is 1.31. The van der Waals surface area contributed by atoms with Gasteiger partial charge in [-0.2, -0.15) is 0 Å². The average Bonchev–Trinajstić information content (AvgIpc) is 3.16. The van der Waals surface area contributed by atoms with Gasteiger partial charge in [0.1, 0.15) is 0 Å². The lowest BCUT2D eigenvalue weighted by Crippen LogP contribution is -2.15. The Labute approximate surface area is 273 Å². The summed E-state index contributed by atoms with van der Waals surface area (Å²) in [6.07, 6.45) is 0. The van der Waals surface area contributed by atoms with Crippen LogP contribution in [0, 0.1) is 0 Å². The number of para-hydroxylation sites is 1. The number of rotatable bonds is 5. The number of anilines is 3. The van der Waals surface area contributed by atoms with Crippen molar-refractivity contribution >= 4 is 27.8 Å². The number of fused-ring (bicyclic) bond motifs is 2. The number of hydrogen-bond donors (Lipinski definition) is 0. The minimum Gasteiger partial charge on any atom is -0.309 e. The summed E-state index contributed by atoms with van der Waals surface area (Å²) in [5.41, 5.74) is 11.0. The van der Waals surface area contributed by atoms with Crippen molar-refractivity contribution in [3.63, 3.8) is 0 Å². The van der Waals surface area contributed by atoms with E-state index in [2.05, 4.69) is 114 Å². The summed E-state index contributed by atoms with van der Waals surface area (Å²) >= 11 is 0. The van der Waals surface area contributed by atoms with E-state index in [9.17, 15) is 0 Å². The van der Waals surface area contributed by atoms with Gasteiger partial charge in [0, 0.05) is 33.3 Å². The summed E-state index contributed by atoms with van der Waals surface area (Å²) < 4.78 is 0. The molecule has 220 valence electrons. The molecule has 8 aromatic rings. The molecule has 0 spiro atoms. The van der Waals surface area contributed by atoms with E-state index in [4.69, 9.17) is 15.0 Å². The third-order valence-corrected chi connectivity index (χ3v) is 8.85. The van der Waals surface area contributed by atoms with Gasteiger partial charge in [-0.1, -0.05) is 133 Å². The Morgan fingerprint density at radius 1 is 0.340 bits per heavy atom. The van der Waals surface area contributed by atoms with Crippen molar-refractivity contribution < 1.29 is 0 Å². The van der Waals surface area contributed by atoms with E-state index in [1.54, 1.807) is 0 Å². The second-order valence-corrected chi connectivity index (χ2v) is 11.7. The molecule has 0 amide bonds. The summed E-state index contributed by atoms with van der Waals surface area (Å²) in [5, 5.41) is 2.27. The van der Waals surface area contributed by atoms with Gasteiger partial charge in [-0.05, 0) is 58.5 Å². The largest absolute Gasteiger partial charge is 0.309 e.